The molecule has 2 aromatic carbocycles. The van der Waals surface area contributed by atoms with Crippen LogP contribution in [-0.4, -0.2) is 38.0 Å². The molecule has 0 unspecified atom stereocenters. The maximum Gasteiger partial charge on any atom is 0.231 e. The molecule has 148 valence electrons. The summed E-state index contributed by atoms with van der Waals surface area (Å²) in [5, 5.41) is 4.05. The zero-order valence-corrected chi connectivity index (χ0v) is 17.1. The van der Waals surface area contributed by atoms with Gasteiger partial charge >= 0.3 is 0 Å². The minimum Gasteiger partial charge on any atom is -0.384 e. The second-order valence-electron chi connectivity index (χ2n) is 6.92. The standard InChI is InChI=1S/C21H24N2O4S/c1-15(2)17-6-8-18(9-7-17)21-22-20(27-23-21)14-16-4-10-19(11-5-16)28(24,25)13-12-26-3/h4-11,15H,12-14H2,1-3H3. The molecule has 6 nitrogen and oxygen atoms in total. The van der Waals surface area contributed by atoms with Gasteiger partial charge in [-0.25, -0.2) is 8.42 Å². The SMILES string of the molecule is COCCS(=O)(=O)c1ccc(Cc2nc(-c3ccc(C(C)C)cc3)no2)cc1. The van der Waals surface area contributed by atoms with E-state index in [1.54, 1.807) is 24.3 Å². The van der Waals surface area contributed by atoms with Gasteiger partial charge in [0.25, 0.3) is 0 Å². The lowest BCUT2D eigenvalue weighted by atomic mass is 10.0. The molecule has 0 radical (unpaired) electrons. The van der Waals surface area contributed by atoms with Gasteiger partial charge in [0.1, 0.15) is 0 Å². The number of ether oxygens (including phenoxy) is 1. The van der Waals surface area contributed by atoms with Crippen LogP contribution in [0.1, 0.15) is 36.8 Å². The van der Waals surface area contributed by atoms with Crippen molar-refractivity contribution >= 4 is 9.84 Å². The van der Waals surface area contributed by atoms with Gasteiger partial charge < -0.3 is 9.26 Å². The number of nitrogens with zero attached hydrogens (tertiary/aromatic N) is 2. The third kappa shape index (κ3) is 4.85. The van der Waals surface area contributed by atoms with Crippen LogP contribution < -0.4 is 0 Å². The quantitative estimate of drug-likeness (QED) is 0.571. The van der Waals surface area contributed by atoms with Crippen LogP contribution in [0.4, 0.5) is 0 Å². The topological polar surface area (TPSA) is 82.3 Å². The summed E-state index contributed by atoms with van der Waals surface area (Å²) in [7, 11) is -1.85. The summed E-state index contributed by atoms with van der Waals surface area (Å²) in [6, 6.07) is 14.8. The Morgan fingerprint density at radius 1 is 1.04 bits per heavy atom. The van der Waals surface area contributed by atoms with Gasteiger partial charge in [0.2, 0.25) is 11.7 Å². The largest absolute Gasteiger partial charge is 0.384 e. The molecule has 0 N–H and O–H groups in total. The zero-order chi connectivity index (χ0) is 20.1. The number of hydrogen-bond donors (Lipinski definition) is 0. The van der Waals surface area contributed by atoms with Gasteiger partial charge in [-0.3, -0.25) is 0 Å². The lowest BCUT2D eigenvalue weighted by Gasteiger charge is -2.05. The second kappa shape index (κ2) is 8.67. The first-order valence-electron chi connectivity index (χ1n) is 9.12. The second-order valence-corrected chi connectivity index (χ2v) is 9.03. The Kier molecular flexibility index (Phi) is 6.26. The first-order valence-corrected chi connectivity index (χ1v) is 10.8. The van der Waals surface area contributed by atoms with Crippen molar-refractivity contribution in [1.82, 2.24) is 10.1 Å². The number of rotatable bonds is 8. The molecule has 0 atom stereocenters. The fraction of sp³-hybridized carbons (Fsp3) is 0.333. The van der Waals surface area contributed by atoms with Gasteiger partial charge in [-0.05, 0) is 29.2 Å². The van der Waals surface area contributed by atoms with Crippen LogP contribution in [0, 0.1) is 0 Å². The molecule has 28 heavy (non-hydrogen) atoms. The van der Waals surface area contributed by atoms with Crippen molar-refractivity contribution in [2.75, 3.05) is 19.5 Å². The van der Waals surface area contributed by atoms with E-state index in [2.05, 4.69) is 36.1 Å². The van der Waals surface area contributed by atoms with Gasteiger partial charge in [-0.1, -0.05) is 55.4 Å². The molecule has 7 heteroatoms. The molecule has 0 amide bonds. The van der Waals surface area contributed by atoms with Gasteiger partial charge in [0.15, 0.2) is 9.84 Å². The molecule has 0 saturated carbocycles. The first kappa shape index (κ1) is 20.2. The Bertz CT molecular complexity index is 1010. The number of aromatic nitrogens is 2. The van der Waals surface area contributed by atoms with Gasteiger partial charge in [-0.15, -0.1) is 0 Å². The Balaban J connectivity index is 1.69. The summed E-state index contributed by atoms with van der Waals surface area (Å²) in [6.07, 6.45) is 0.440. The number of methoxy groups -OCH3 is 1. The van der Waals surface area contributed by atoms with E-state index in [0.29, 0.717) is 24.1 Å². The van der Waals surface area contributed by atoms with Crippen LogP contribution in [0.15, 0.2) is 57.9 Å². The third-order valence-corrected chi connectivity index (χ3v) is 6.19. The molecule has 1 aromatic heterocycles. The van der Waals surface area contributed by atoms with Crippen molar-refractivity contribution in [2.24, 2.45) is 0 Å². The zero-order valence-electron chi connectivity index (χ0n) is 16.3. The predicted octanol–water partition coefficient (Wildman–Crippen LogP) is 3.87. The number of sulfone groups is 1. The molecule has 0 aliphatic carbocycles. The van der Waals surface area contributed by atoms with Gasteiger partial charge in [-0.2, -0.15) is 4.98 Å². The molecule has 0 bridgehead atoms. The summed E-state index contributed by atoms with van der Waals surface area (Å²) in [5.74, 6) is 1.46. The van der Waals surface area contributed by atoms with Crippen LogP contribution >= 0.6 is 0 Å². The highest BCUT2D eigenvalue weighted by Gasteiger charge is 2.15. The van der Waals surface area contributed by atoms with Crippen molar-refractivity contribution in [3.05, 3.63) is 65.5 Å². The fourth-order valence-corrected chi connectivity index (χ4v) is 3.93. The highest BCUT2D eigenvalue weighted by atomic mass is 32.2. The molecule has 0 fully saturated rings. The monoisotopic (exact) mass is 400 g/mol. The van der Waals surface area contributed by atoms with Crippen molar-refractivity contribution in [1.29, 1.82) is 0 Å². The average Bonchev–Trinajstić information content (AvgIpc) is 3.15. The first-order chi connectivity index (χ1) is 13.4. The van der Waals surface area contributed by atoms with Crippen LogP contribution in [0.5, 0.6) is 0 Å². The van der Waals surface area contributed by atoms with Gasteiger partial charge in [0.05, 0.1) is 23.7 Å². The van der Waals surface area contributed by atoms with E-state index in [1.807, 2.05) is 12.1 Å². The molecular formula is C21H24N2O4S. The molecule has 0 saturated heterocycles. The molecule has 3 aromatic rings. The average molecular weight is 401 g/mol. The van der Waals surface area contributed by atoms with E-state index in [4.69, 9.17) is 9.26 Å². The van der Waals surface area contributed by atoms with Crippen LogP contribution in [-0.2, 0) is 21.0 Å². The van der Waals surface area contributed by atoms with Crippen molar-refractivity contribution < 1.29 is 17.7 Å². The maximum absolute atomic E-state index is 12.2. The molecule has 3 rings (SSSR count). The Labute approximate surface area is 165 Å². The molecular weight excluding hydrogens is 376 g/mol. The Morgan fingerprint density at radius 2 is 1.71 bits per heavy atom. The normalized spacial score (nSPS) is 11.9. The minimum absolute atomic E-state index is 0.0362. The molecule has 0 aliphatic rings. The summed E-state index contributed by atoms with van der Waals surface area (Å²) in [6.45, 7) is 4.47. The lowest BCUT2D eigenvalue weighted by molar-refractivity contribution is 0.217. The van der Waals surface area contributed by atoms with Crippen LogP contribution in [0.25, 0.3) is 11.4 Å². The summed E-state index contributed by atoms with van der Waals surface area (Å²) >= 11 is 0. The predicted molar refractivity (Wildman–Crippen MR) is 107 cm³/mol. The molecule has 1 heterocycles. The van der Waals surface area contributed by atoms with E-state index in [1.165, 1.54) is 12.7 Å². The Morgan fingerprint density at radius 3 is 2.32 bits per heavy atom. The van der Waals surface area contributed by atoms with Crippen molar-refractivity contribution in [3.8, 4) is 11.4 Å². The van der Waals surface area contributed by atoms with Crippen LogP contribution in [0.3, 0.4) is 0 Å². The summed E-state index contributed by atoms with van der Waals surface area (Å²) < 4.78 is 34.5. The van der Waals surface area contributed by atoms with E-state index in [0.717, 1.165) is 11.1 Å². The highest BCUT2D eigenvalue weighted by molar-refractivity contribution is 7.91. The van der Waals surface area contributed by atoms with Crippen LogP contribution in [0.2, 0.25) is 0 Å². The van der Waals surface area contributed by atoms with Crippen molar-refractivity contribution in [2.45, 2.75) is 31.1 Å². The van der Waals surface area contributed by atoms with Crippen molar-refractivity contribution in [3.63, 3.8) is 0 Å². The van der Waals surface area contributed by atoms with Gasteiger partial charge in [0, 0.05) is 12.7 Å². The maximum atomic E-state index is 12.2. The Hall–Kier alpha value is -2.51. The third-order valence-electron chi connectivity index (χ3n) is 4.50. The molecule has 0 aliphatic heterocycles. The van der Waals surface area contributed by atoms with E-state index in [-0.39, 0.29) is 17.3 Å². The molecule has 0 spiro atoms. The summed E-state index contributed by atoms with van der Waals surface area (Å²) in [5.41, 5.74) is 3.06. The number of benzene rings is 2. The lowest BCUT2D eigenvalue weighted by Crippen LogP contribution is -2.11. The van der Waals surface area contributed by atoms with E-state index >= 15 is 0 Å². The summed E-state index contributed by atoms with van der Waals surface area (Å²) in [4.78, 5) is 4.73. The smallest absolute Gasteiger partial charge is 0.231 e. The minimum atomic E-state index is -3.33. The number of hydrogen-bond acceptors (Lipinski definition) is 6. The van der Waals surface area contributed by atoms with E-state index in [9.17, 15) is 8.42 Å². The highest BCUT2D eigenvalue weighted by Crippen LogP contribution is 2.21. The van der Waals surface area contributed by atoms with E-state index < -0.39 is 9.84 Å². The fourth-order valence-electron chi connectivity index (χ4n) is 2.76.